The fourth-order valence-corrected chi connectivity index (χ4v) is 5.12. The molecule has 4 nitrogen and oxygen atoms in total. The first-order valence-corrected chi connectivity index (χ1v) is 12.5. The lowest BCUT2D eigenvalue weighted by atomic mass is 10.2. The zero-order valence-electron chi connectivity index (χ0n) is 15.7. The molecule has 0 N–H and O–H groups in total. The van der Waals surface area contributed by atoms with Crippen LogP contribution in [0.1, 0.15) is 16.7 Å². The molecule has 1 aliphatic rings. The second-order valence-corrected chi connectivity index (χ2v) is 10.4. The molecule has 0 amide bonds. The second-order valence-electron chi connectivity index (χ2n) is 6.54. The van der Waals surface area contributed by atoms with Crippen LogP contribution in [0.15, 0.2) is 84.8 Å². The van der Waals surface area contributed by atoms with E-state index in [1.807, 2.05) is 60.7 Å². The molecule has 3 aromatic carbocycles. The maximum absolute atomic E-state index is 12.3. The molecule has 1 heterocycles. The maximum atomic E-state index is 12.3. The zero-order chi connectivity index (χ0) is 22.0. The third-order valence-electron chi connectivity index (χ3n) is 4.35. The van der Waals surface area contributed by atoms with Gasteiger partial charge in [0.05, 0.1) is 14.5 Å². The predicted molar refractivity (Wildman–Crippen MR) is 140 cm³/mol. The van der Waals surface area contributed by atoms with Crippen molar-refractivity contribution in [2.24, 2.45) is 4.99 Å². The van der Waals surface area contributed by atoms with E-state index in [1.54, 1.807) is 6.08 Å². The number of rotatable bonds is 5. The summed E-state index contributed by atoms with van der Waals surface area (Å²) in [5, 5.41) is 0. The second kappa shape index (κ2) is 9.97. The number of cyclic esters (lactones) is 1. The highest BCUT2D eigenvalue weighted by molar-refractivity contribution is 14.1. The molecule has 0 aromatic heterocycles. The summed E-state index contributed by atoms with van der Waals surface area (Å²) >= 11 is 12.9. The smallest absolute Gasteiger partial charge is 0.363 e. The Labute approximate surface area is 218 Å². The molecule has 4 rings (SSSR count). The number of ether oxygens (including phenoxy) is 2. The van der Waals surface area contributed by atoms with Crippen molar-refractivity contribution in [3.63, 3.8) is 0 Å². The molecule has 0 saturated carbocycles. The van der Waals surface area contributed by atoms with Crippen LogP contribution in [0.2, 0.25) is 0 Å². The molecular weight excluding hydrogens is 705 g/mol. The molecule has 156 valence electrons. The first-order valence-electron chi connectivity index (χ1n) is 9.04. The Hall–Kier alpha value is -1.49. The summed E-state index contributed by atoms with van der Waals surface area (Å²) < 4.78 is 14.9. The van der Waals surface area contributed by atoms with Crippen molar-refractivity contribution in [2.75, 3.05) is 0 Å². The van der Waals surface area contributed by atoms with Gasteiger partial charge in [-0.15, -0.1) is 0 Å². The summed E-state index contributed by atoms with van der Waals surface area (Å²) in [4.78, 5) is 16.7. The van der Waals surface area contributed by atoms with Crippen LogP contribution in [-0.2, 0) is 16.1 Å². The molecule has 0 aliphatic carbocycles. The molecule has 0 spiro atoms. The van der Waals surface area contributed by atoms with Crippen molar-refractivity contribution in [1.82, 2.24) is 0 Å². The van der Waals surface area contributed by atoms with E-state index >= 15 is 0 Å². The average Bonchev–Trinajstić information content (AvgIpc) is 3.09. The molecule has 3 aromatic rings. The third-order valence-corrected chi connectivity index (χ3v) is 6.93. The quantitative estimate of drug-likeness (QED) is 0.156. The number of halogens is 4. The van der Waals surface area contributed by atoms with Crippen molar-refractivity contribution in [3.8, 4) is 5.75 Å². The fourth-order valence-electron chi connectivity index (χ4n) is 2.85. The number of hydrogen-bond donors (Lipinski definition) is 0. The normalized spacial score (nSPS) is 14.5. The lowest BCUT2D eigenvalue weighted by molar-refractivity contribution is -0.129. The van der Waals surface area contributed by atoms with Gasteiger partial charge >= 0.3 is 5.97 Å². The van der Waals surface area contributed by atoms with Crippen LogP contribution in [0, 0.1) is 3.57 Å². The van der Waals surface area contributed by atoms with Gasteiger partial charge in [-0.25, -0.2) is 9.79 Å². The van der Waals surface area contributed by atoms with Crippen LogP contribution in [0.25, 0.3) is 6.08 Å². The summed E-state index contributed by atoms with van der Waals surface area (Å²) in [6, 6.07) is 19.4. The molecule has 0 atom stereocenters. The minimum atomic E-state index is -0.489. The molecule has 8 heteroatoms. The number of esters is 1. The molecular formula is C23H13Br3INO3. The lowest BCUT2D eigenvalue weighted by Gasteiger charge is -2.11. The standard InChI is InChI=1S/C23H13Br3INO3/c24-17-4-2-1-3-16(17)22-28-20(23(29)31-22)11-14-9-18(25)21(19(26)10-14)30-12-13-5-7-15(27)8-6-13/h1-11H,12H2/b20-11-. The van der Waals surface area contributed by atoms with Gasteiger partial charge in [-0.1, -0.05) is 24.3 Å². The summed E-state index contributed by atoms with van der Waals surface area (Å²) in [5.74, 6) is 0.475. The van der Waals surface area contributed by atoms with Crippen LogP contribution >= 0.6 is 70.4 Å². The van der Waals surface area contributed by atoms with Crippen molar-refractivity contribution < 1.29 is 14.3 Å². The van der Waals surface area contributed by atoms with Crippen LogP contribution in [0.4, 0.5) is 0 Å². The largest absolute Gasteiger partial charge is 0.487 e. The van der Waals surface area contributed by atoms with Crippen LogP contribution in [0.3, 0.4) is 0 Å². The Kier molecular flexibility index (Phi) is 7.30. The third kappa shape index (κ3) is 5.47. The van der Waals surface area contributed by atoms with E-state index in [0.29, 0.717) is 12.4 Å². The number of carbonyl (C=O) groups is 1. The number of nitrogens with zero attached hydrogens (tertiary/aromatic N) is 1. The van der Waals surface area contributed by atoms with Gasteiger partial charge < -0.3 is 9.47 Å². The molecule has 0 bridgehead atoms. The average molecular weight is 718 g/mol. The van der Waals surface area contributed by atoms with E-state index < -0.39 is 5.97 Å². The van der Waals surface area contributed by atoms with Crippen LogP contribution in [0.5, 0.6) is 5.75 Å². The van der Waals surface area contributed by atoms with Crippen molar-refractivity contribution in [2.45, 2.75) is 6.61 Å². The van der Waals surface area contributed by atoms with E-state index in [0.717, 1.165) is 30.1 Å². The SMILES string of the molecule is O=C1OC(c2ccccc2Br)=N/C1=C\c1cc(Br)c(OCc2ccc(I)cc2)c(Br)c1. The summed E-state index contributed by atoms with van der Waals surface area (Å²) in [7, 11) is 0. The van der Waals surface area contributed by atoms with E-state index in [2.05, 4.69) is 75.4 Å². The van der Waals surface area contributed by atoms with Gasteiger partial charge in [0.25, 0.3) is 0 Å². The number of aliphatic imine (C=N–C) groups is 1. The monoisotopic (exact) mass is 715 g/mol. The van der Waals surface area contributed by atoms with Crippen LogP contribution < -0.4 is 4.74 Å². The number of benzene rings is 3. The van der Waals surface area contributed by atoms with Gasteiger partial charge in [-0.05, 0) is 124 Å². The minimum Gasteiger partial charge on any atom is -0.487 e. The zero-order valence-corrected chi connectivity index (χ0v) is 22.7. The summed E-state index contributed by atoms with van der Waals surface area (Å²) in [6.07, 6.45) is 1.69. The van der Waals surface area contributed by atoms with Gasteiger partial charge in [0.2, 0.25) is 5.90 Å². The van der Waals surface area contributed by atoms with Crippen molar-refractivity contribution in [1.29, 1.82) is 0 Å². The molecule has 1 aliphatic heterocycles. The maximum Gasteiger partial charge on any atom is 0.363 e. The minimum absolute atomic E-state index is 0.233. The van der Waals surface area contributed by atoms with Gasteiger partial charge in [0.15, 0.2) is 5.70 Å². The molecule has 0 radical (unpaired) electrons. The Morgan fingerprint density at radius 1 is 0.968 bits per heavy atom. The summed E-state index contributed by atoms with van der Waals surface area (Å²) in [6.45, 7) is 0.445. The van der Waals surface area contributed by atoms with E-state index in [1.165, 1.54) is 3.57 Å². The van der Waals surface area contributed by atoms with E-state index in [-0.39, 0.29) is 11.6 Å². The Morgan fingerprint density at radius 2 is 1.65 bits per heavy atom. The molecule has 31 heavy (non-hydrogen) atoms. The van der Waals surface area contributed by atoms with Gasteiger partial charge in [-0.3, -0.25) is 0 Å². The number of hydrogen-bond acceptors (Lipinski definition) is 4. The van der Waals surface area contributed by atoms with E-state index in [4.69, 9.17) is 9.47 Å². The molecule has 0 unspecified atom stereocenters. The highest BCUT2D eigenvalue weighted by atomic mass is 127. The highest BCUT2D eigenvalue weighted by Gasteiger charge is 2.25. The Bertz CT molecular complexity index is 1200. The van der Waals surface area contributed by atoms with Gasteiger partial charge in [0, 0.05) is 8.04 Å². The van der Waals surface area contributed by atoms with Gasteiger partial charge in [0.1, 0.15) is 12.4 Å². The Morgan fingerprint density at radius 3 is 2.32 bits per heavy atom. The topological polar surface area (TPSA) is 47.9 Å². The van der Waals surface area contributed by atoms with Gasteiger partial charge in [-0.2, -0.15) is 0 Å². The summed E-state index contributed by atoms with van der Waals surface area (Å²) in [5.41, 5.74) is 2.82. The first-order chi connectivity index (χ1) is 14.9. The molecule has 0 fully saturated rings. The Balaban J connectivity index is 1.56. The van der Waals surface area contributed by atoms with Crippen molar-refractivity contribution in [3.05, 3.63) is 100 Å². The molecule has 0 saturated heterocycles. The predicted octanol–water partition coefficient (Wildman–Crippen LogP) is 7.50. The lowest BCUT2D eigenvalue weighted by Crippen LogP contribution is -2.05. The van der Waals surface area contributed by atoms with Crippen molar-refractivity contribution >= 4 is 88.3 Å². The van der Waals surface area contributed by atoms with Crippen LogP contribution in [-0.4, -0.2) is 11.9 Å². The fraction of sp³-hybridized carbons (Fsp3) is 0.0435. The number of carbonyl (C=O) groups excluding carboxylic acids is 1. The first kappa shape index (κ1) is 22.7. The highest BCUT2D eigenvalue weighted by Crippen LogP contribution is 2.36. The van der Waals surface area contributed by atoms with E-state index in [9.17, 15) is 4.79 Å².